The zero-order valence-corrected chi connectivity index (χ0v) is 14.3. The molecule has 0 unspecified atom stereocenters. The van der Waals surface area contributed by atoms with Crippen LogP contribution in [0, 0.1) is 11.8 Å². The highest BCUT2D eigenvalue weighted by Gasteiger charge is 2.40. The standard InChI is InChI=1S/C18H24N6/c1-11(13-3-4-13)24(12(2)14-5-6-14)18-22-16(21-17(19)23-18)15-7-9-20-10-8-15/h7-14H,3-6H2,1-2H3,(H2,19,21,22,23)/t11-,12-/m1/s1. The molecule has 0 amide bonds. The highest BCUT2D eigenvalue weighted by Crippen LogP contribution is 2.42. The zero-order chi connectivity index (χ0) is 16.7. The maximum Gasteiger partial charge on any atom is 0.231 e. The van der Waals surface area contributed by atoms with Crippen LogP contribution in [0.15, 0.2) is 24.5 Å². The lowest BCUT2D eigenvalue weighted by atomic mass is 10.1. The number of nitrogens with zero attached hydrogens (tertiary/aromatic N) is 5. The van der Waals surface area contributed by atoms with Crippen LogP contribution in [0.3, 0.4) is 0 Å². The molecule has 126 valence electrons. The Labute approximate surface area is 142 Å². The van der Waals surface area contributed by atoms with Crippen LogP contribution in [-0.4, -0.2) is 32.0 Å². The third kappa shape index (κ3) is 3.05. The molecule has 2 aromatic heterocycles. The van der Waals surface area contributed by atoms with Gasteiger partial charge in [0.15, 0.2) is 5.82 Å². The molecular weight excluding hydrogens is 300 g/mol. The van der Waals surface area contributed by atoms with Gasteiger partial charge in [-0.15, -0.1) is 0 Å². The summed E-state index contributed by atoms with van der Waals surface area (Å²) in [7, 11) is 0. The second-order valence-electron chi connectivity index (χ2n) is 7.12. The summed E-state index contributed by atoms with van der Waals surface area (Å²) < 4.78 is 0. The van der Waals surface area contributed by atoms with Crippen molar-refractivity contribution < 1.29 is 0 Å². The van der Waals surface area contributed by atoms with Gasteiger partial charge in [0, 0.05) is 30.0 Å². The van der Waals surface area contributed by atoms with E-state index in [-0.39, 0.29) is 5.95 Å². The Kier molecular flexibility index (Phi) is 3.82. The van der Waals surface area contributed by atoms with Crippen molar-refractivity contribution in [2.45, 2.75) is 51.6 Å². The number of anilines is 2. The van der Waals surface area contributed by atoms with Gasteiger partial charge in [-0.05, 0) is 63.5 Å². The molecule has 2 atom stereocenters. The summed E-state index contributed by atoms with van der Waals surface area (Å²) in [6.45, 7) is 4.59. The Morgan fingerprint density at radius 1 is 0.958 bits per heavy atom. The fourth-order valence-electron chi connectivity index (χ4n) is 3.47. The van der Waals surface area contributed by atoms with E-state index in [1.165, 1.54) is 25.7 Å². The van der Waals surface area contributed by atoms with Crippen LogP contribution in [0.2, 0.25) is 0 Å². The van der Waals surface area contributed by atoms with Crippen LogP contribution in [-0.2, 0) is 0 Å². The molecule has 4 rings (SSSR count). The van der Waals surface area contributed by atoms with Crippen molar-refractivity contribution in [2.75, 3.05) is 10.6 Å². The molecule has 24 heavy (non-hydrogen) atoms. The minimum absolute atomic E-state index is 0.280. The van der Waals surface area contributed by atoms with Gasteiger partial charge in [0.1, 0.15) is 0 Å². The van der Waals surface area contributed by atoms with E-state index in [2.05, 4.69) is 33.7 Å². The Morgan fingerprint density at radius 2 is 1.54 bits per heavy atom. The Bertz CT molecular complexity index is 693. The quantitative estimate of drug-likeness (QED) is 0.880. The van der Waals surface area contributed by atoms with Crippen LogP contribution in [0.1, 0.15) is 39.5 Å². The molecule has 2 heterocycles. The first-order valence-electron chi connectivity index (χ1n) is 8.84. The van der Waals surface area contributed by atoms with Crippen molar-refractivity contribution in [1.82, 2.24) is 19.9 Å². The Morgan fingerprint density at radius 3 is 2.08 bits per heavy atom. The van der Waals surface area contributed by atoms with E-state index < -0.39 is 0 Å². The van der Waals surface area contributed by atoms with Gasteiger partial charge < -0.3 is 10.6 Å². The number of nitrogens with two attached hydrogens (primary N) is 1. The van der Waals surface area contributed by atoms with E-state index in [4.69, 9.17) is 10.7 Å². The van der Waals surface area contributed by atoms with E-state index in [1.807, 2.05) is 12.1 Å². The number of rotatable bonds is 6. The van der Waals surface area contributed by atoms with Gasteiger partial charge in [0.25, 0.3) is 0 Å². The molecule has 0 aromatic carbocycles. The molecule has 2 aliphatic carbocycles. The molecule has 0 spiro atoms. The summed E-state index contributed by atoms with van der Waals surface area (Å²) in [6, 6.07) is 4.68. The van der Waals surface area contributed by atoms with Gasteiger partial charge >= 0.3 is 0 Å². The predicted molar refractivity (Wildman–Crippen MR) is 94.3 cm³/mol. The summed E-state index contributed by atoms with van der Waals surface area (Å²) in [4.78, 5) is 20.0. The summed E-state index contributed by atoms with van der Waals surface area (Å²) in [6.07, 6.45) is 8.68. The van der Waals surface area contributed by atoms with E-state index in [1.54, 1.807) is 12.4 Å². The molecule has 2 aliphatic rings. The molecule has 6 nitrogen and oxygen atoms in total. The number of nitrogen functional groups attached to an aromatic ring is 1. The maximum absolute atomic E-state index is 6.01. The van der Waals surface area contributed by atoms with Crippen LogP contribution in [0.5, 0.6) is 0 Å². The van der Waals surface area contributed by atoms with Crippen LogP contribution in [0.4, 0.5) is 11.9 Å². The number of hydrogen-bond acceptors (Lipinski definition) is 6. The molecule has 0 saturated heterocycles. The molecule has 0 radical (unpaired) electrons. The molecule has 0 bridgehead atoms. The second kappa shape index (κ2) is 6.00. The van der Waals surface area contributed by atoms with Crippen molar-refractivity contribution in [2.24, 2.45) is 11.8 Å². The molecular formula is C18H24N6. The van der Waals surface area contributed by atoms with Gasteiger partial charge in [-0.25, -0.2) is 0 Å². The zero-order valence-electron chi connectivity index (χ0n) is 14.3. The molecule has 2 fully saturated rings. The van der Waals surface area contributed by atoms with Gasteiger partial charge in [0.2, 0.25) is 11.9 Å². The third-order valence-electron chi connectivity index (χ3n) is 5.30. The van der Waals surface area contributed by atoms with Gasteiger partial charge in [-0.3, -0.25) is 4.98 Å². The van der Waals surface area contributed by atoms with E-state index in [9.17, 15) is 0 Å². The SMILES string of the molecule is C[C@H](C1CC1)N(c1nc(N)nc(-c2ccncc2)n1)[C@H](C)C1CC1. The van der Waals surface area contributed by atoms with Crippen molar-refractivity contribution in [3.8, 4) is 11.4 Å². The molecule has 6 heteroatoms. The molecule has 2 aromatic rings. The minimum Gasteiger partial charge on any atom is -0.368 e. The van der Waals surface area contributed by atoms with Crippen LogP contribution < -0.4 is 10.6 Å². The average Bonchev–Trinajstić information content (AvgIpc) is 3.48. The monoisotopic (exact) mass is 324 g/mol. The first-order chi connectivity index (χ1) is 11.6. The maximum atomic E-state index is 6.01. The lowest BCUT2D eigenvalue weighted by Crippen LogP contribution is -2.44. The van der Waals surface area contributed by atoms with Gasteiger partial charge in [-0.2, -0.15) is 15.0 Å². The largest absolute Gasteiger partial charge is 0.368 e. The van der Waals surface area contributed by atoms with Gasteiger partial charge in [0.05, 0.1) is 0 Å². The normalized spacial score (nSPS) is 19.8. The summed E-state index contributed by atoms with van der Waals surface area (Å²) in [5.74, 6) is 3.11. The summed E-state index contributed by atoms with van der Waals surface area (Å²) >= 11 is 0. The first kappa shape index (κ1) is 15.3. The highest BCUT2D eigenvalue weighted by molar-refractivity contribution is 5.57. The van der Waals surface area contributed by atoms with Crippen LogP contribution in [0.25, 0.3) is 11.4 Å². The molecule has 0 aliphatic heterocycles. The average molecular weight is 324 g/mol. The Balaban J connectivity index is 1.72. The fourth-order valence-corrected chi connectivity index (χ4v) is 3.47. The third-order valence-corrected chi connectivity index (χ3v) is 5.30. The summed E-state index contributed by atoms with van der Waals surface area (Å²) in [5.41, 5.74) is 6.93. The van der Waals surface area contributed by atoms with Crippen molar-refractivity contribution in [3.63, 3.8) is 0 Å². The van der Waals surface area contributed by atoms with E-state index in [0.29, 0.717) is 23.9 Å². The van der Waals surface area contributed by atoms with Crippen LogP contribution >= 0.6 is 0 Å². The highest BCUT2D eigenvalue weighted by atomic mass is 15.3. The molecule has 2 N–H and O–H groups in total. The summed E-state index contributed by atoms with van der Waals surface area (Å²) in [5, 5.41) is 0. The lowest BCUT2D eigenvalue weighted by molar-refractivity contribution is 0.467. The van der Waals surface area contributed by atoms with E-state index >= 15 is 0 Å². The number of aromatic nitrogens is 4. The van der Waals surface area contributed by atoms with E-state index in [0.717, 1.165) is 17.4 Å². The van der Waals surface area contributed by atoms with Gasteiger partial charge in [-0.1, -0.05) is 0 Å². The lowest BCUT2D eigenvalue weighted by Gasteiger charge is -2.35. The first-order valence-corrected chi connectivity index (χ1v) is 8.84. The fraction of sp³-hybridized carbons (Fsp3) is 0.556. The second-order valence-corrected chi connectivity index (χ2v) is 7.12. The topological polar surface area (TPSA) is 80.8 Å². The molecule has 2 saturated carbocycles. The van der Waals surface area contributed by atoms with Crippen molar-refractivity contribution in [3.05, 3.63) is 24.5 Å². The minimum atomic E-state index is 0.280. The van der Waals surface area contributed by atoms with Crippen molar-refractivity contribution in [1.29, 1.82) is 0 Å². The smallest absolute Gasteiger partial charge is 0.231 e. The number of pyridine rings is 1. The predicted octanol–water partition coefficient (Wildman–Crippen LogP) is 2.92. The Hall–Kier alpha value is -2.24. The number of hydrogen-bond donors (Lipinski definition) is 1. The van der Waals surface area contributed by atoms with Crippen molar-refractivity contribution >= 4 is 11.9 Å².